The minimum atomic E-state index is -3.92. The molecule has 0 radical (unpaired) electrons. The number of aryl methyl sites for hydroxylation is 1. The molecular formula is C11H12ClN3O2S. The van der Waals surface area contributed by atoms with E-state index < -0.39 is 9.05 Å². The highest BCUT2D eigenvalue weighted by Gasteiger charge is 2.23. The highest BCUT2D eigenvalue weighted by atomic mass is 35.7. The van der Waals surface area contributed by atoms with Crippen LogP contribution < -0.4 is 0 Å². The van der Waals surface area contributed by atoms with E-state index >= 15 is 0 Å². The van der Waals surface area contributed by atoms with Gasteiger partial charge in [-0.1, -0.05) is 25.1 Å². The lowest BCUT2D eigenvalue weighted by molar-refractivity contribution is 0.596. The van der Waals surface area contributed by atoms with E-state index in [2.05, 4.69) is 10.2 Å². The topological polar surface area (TPSA) is 64.8 Å². The molecule has 0 spiro atoms. The lowest BCUT2D eigenvalue weighted by Gasteiger charge is -2.07. The van der Waals surface area contributed by atoms with Gasteiger partial charge in [0, 0.05) is 22.8 Å². The van der Waals surface area contributed by atoms with Gasteiger partial charge in [-0.3, -0.25) is 4.57 Å². The summed E-state index contributed by atoms with van der Waals surface area (Å²) in [6, 6.07) is 9.05. The van der Waals surface area contributed by atoms with E-state index in [1.807, 2.05) is 25.1 Å². The van der Waals surface area contributed by atoms with E-state index in [1.54, 1.807) is 12.1 Å². The fourth-order valence-electron chi connectivity index (χ4n) is 1.68. The maximum Gasteiger partial charge on any atom is 0.297 e. The third kappa shape index (κ3) is 2.54. The second-order valence-corrected chi connectivity index (χ2v) is 6.22. The predicted molar refractivity (Wildman–Crippen MR) is 68.4 cm³/mol. The summed E-state index contributed by atoms with van der Waals surface area (Å²) in [6.45, 7) is 1.99. The van der Waals surface area contributed by atoms with Gasteiger partial charge in [0.05, 0.1) is 0 Å². The van der Waals surface area contributed by atoms with Gasteiger partial charge in [0.15, 0.2) is 0 Å². The van der Waals surface area contributed by atoms with Gasteiger partial charge in [-0.05, 0) is 18.6 Å². The van der Waals surface area contributed by atoms with Crippen LogP contribution in [0.2, 0.25) is 0 Å². The Bertz CT molecular complexity index is 638. The van der Waals surface area contributed by atoms with Gasteiger partial charge in [0.2, 0.25) is 0 Å². The fourth-order valence-corrected chi connectivity index (χ4v) is 2.55. The summed E-state index contributed by atoms with van der Waals surface area (Å²) in [5.41, 5.74) is 0.685. The molecule has 1 aromatic carbocycles. The van der Waals surface area contributed by atoms with E-state index in [0.717, 1.165) is 6.42 Å². The Balaban J connectivity index is 2.65. The molecule has 0 unspecified atom stereocenters. The van der Waals surface area contributed by atoms with Crippen molar-refractivity contribution in [3.05, 3.63) is 36.2 Å². The number of benzene rings is 1. The molecule has 1 aromatic heterocycles. The highest BCUT2D eigenvalue weighted by molar-refractivity contribution is 8.13. The highest BCUT2D eigenvalue weighted by Crippen LogP contribution is 2.20. The number of hydrogen-bond acceptors (Lipinski definition) is 4. The summed E-state index contributed by atoms with van der Waals surface area (Å²) in [5.74, 6) is 0.586. The number of hydrogen-bond donors (Lipinski definition) is 0. The SMILES string of the molecule is CCCc1nnc(S(=O)(=O)Cl)n1-c1ccccc1. The van der Waals surface area contributed by atoms with Crippen molar-refractivity contribution in [3.8, 4) is 5.69 Å². The maximum atomic E-state index is 11.5. The largest absolute Gasteiger partial charge is 0.297 e. The van der Waals surface area contributed by atoms with E-state index in [1.165, 1.54) is 4.57 Å². The zero-order valence-corrected chi connectivity index (χ0v) is 11.3. The van der Waals surface area contributed by atoms with Crippen LogP contribution >= 0.6 is 10.7 Å². The molecule has 0 aliphatic heterocycles. The summed E-state index contributed by atoms with van der Waals surface area (Å²) in [7, 11) is 1.46. The third-order valence-electron chi connectivity index (χ3n) is 2.41. The fraction of sp³-hybridized carbons (Fsp3) is 0.273. The Kier molecular flexibility index (Phi) is 3.68. The van der Waals surface area contributed by atoms with Crippen LogP contribution in [0.4, 0.5) is 0 Å². The molecule has 96 valence electrons. The van der Waals surface area contributed by atoms with Crippen molar-refractivity contribution in [2.45, 2.75) is 24.9 Å². The first-order valence-corrected chi connectivity index (χ1v) is 7.79. The summed E-state index contributed by atoms with van der Waals surface area (Å²) in [5, 5.41) is 7.34. The Morgan fingerprint density at radius 1 is 1.22 bits per heavy atom. The van der Waals surface area contributed by atoms with Crippen LogP contribution in [0.15, 0.2) is 35.5 Å². The van der Waals surface area contributed by atoms with Gasteiger partial charge >= 0.3 is 0 Å². The van der Waals surface area contributed by atoms with Crippen molar-refractivity contribution >= 4 is 19.7 Å². The second-order valence-electron chi connectivity index (χ2n) is 3.76. The molecule has 2 aromatic rings. The standard InChI is InChI=1S/C11H12ClN3O2S/c1-2-6-10-13-14-11(18(12,16)17)15(10)9-7-4-3-5-8-9/h3-5,7-8H,2,6H2,1H3. The Labute approximate surface area is 110 Å². The number of halogens is 1. The van der Waals surface area contributed by atoms with Gasteiger partial charge in [-0.2, -0.15) is 0 Å². The molecule has 0 atom stereocenters. The molecule has 2 rings (SSSR count). The van der Waals surface area contributed by atoms with Gasteiger partial charge in [-0.25, -0.2) is 8.42 Å². The van der Waals surface area contributed by atoms with Crippen molar-refractivity contribution in [2.24, 2.45) is 0 Å². The molecule has 0 aliphatic rings. The smallest absolute Gasteiger partial charge is 0.269 e. The number of para-hydroxylation sites is 1. The monoisotopic (exact) mass is 285 g/mol. The van der Waals surface area contributed by atoms with Crippen LogP contribution in [-0.4, -0.2) is 23.2 Å². The van der Waals surface area contributed by atoms with Gasteiger partial charge in [-0.15, -0.1) is 10.2 Å². The summed E-state index contributed by atoms with van der Waals surface area (Å²) in [6.07, 6.45) is 1.47. The molecule has 1 heterocycles. The zero-order valence-electron chi connectivity index (χ0n) is 9.75. The van der Waals surface area contributed by atoms with Gasteiger partial charge < -0.3 is 0 Å². The lowest BCUT2D eigenvalue weighted by Crippen LogP contribution is -2.07. The quantitative estimate of drug-likeness (QED) is 0.808. The Morgan fingerprint density at radius 2 is 1.89 bits per heavy atom. The maximum absolute atomic E-state index is 11.5. The molecule has 18 heavy (non-hydrogen) atoms. The molecule has 0 saturated carbocycles. The van der Waals surface area contributed by atoms with E-state index in [-0.39, 0.29) is 5.16 Å². The van der Waals surface area contributed by atoms with Crippen LogP contribution in [0.5, 0.6) is 0 Å². The second kappa shape index (κ2) is 5.07. The molecule has 5 nitrogen and oxygen atoms in total. The third-order valence-corrected chi connectivity index (χ3v) is 3.52. The van der Waals surface area contributed by atoms with Crippen LogP contribution in [-0.2, 0) is 15.5 Å². The zero-order chi connectivity index (χ0) is 13.2. The van der Waals surface area contributed by atoms with Crippen molar-refractivity contribution < 1.29 is 8.42 Å². The van der Waals surface area contributed by atoms with Crippen molar-refractivity contribution in [1.82, 2.24) is 14.8 Å². The first-order chi connectivity index (χ1) is 8.54. The number of rotatable bonds is 4. The Morgan fingerprint density at radius 3 is 2.44 bits per heavy atom. The van der Waals surface area contributed by atoms with Crippen LogP contribution in [0.25, 0.3) is 5.69 Å². The molecule has 0 N–H and O–H groups in total. The van der Waals surface area contributed by atoms with Crippen molar-refractivity contribution in [2.75, 3.05) is 0 Å². The molecule has 0 bridgehead atoms. The summed E-state index contributed by atoms with van der Waals surface area (Å²) in [4.78, 5) is 0. The Hall–Kier alpha value is -1.40. The van der Waals surface area contributed by atoms with Crippen molar-refractivity contribution in [3.63, 3.8) is 0 Å². The summed E-state index contributed by atoms with van der Waals surface area (Å²) < 4.78 is 24.5. The molecule has 0 aliphatic carbocycles. The molecule has 0 saturated heterocycles. The van der Waals surface area contributed by atoms with Crippen molar-refractivity contribution in [1.29, 1.82) is 0 Å². The van der Waals surface area contributed by atoms with E-state index in [4.69, 9.17) is 10.7 Å². The molecule has 7 heteroatoms. The first kappa shape index (κ1) is 13.0. The van der Waals surface area contributed by atoms with Crippen LogP contribution in [0.1, 0.15) is 19.2 Å². The first-order valence-electron chi connectivity index (χ1n) is 5.48. The molecular weight excluding hydrogens is 274 g/mol. The van der Waals surface area contributed by atoms with Gasteiger partial charge in [0.1, 0.15) is 5.82 Å². The van der Waals surface area contributed by atoms with Crippen LogP contribution in [0.3, 0.4) is 0 Å². The predicted octanol–water partition coefficient (Wildman–Crippen LogP) is 2.15. The average Bonchev–Trinajstić information content (AvgIpc) is 2.74. The molecule has 0 amide bonds. The molecule has 0 fully saturated rings. The minimum absolute atomic E-state index is 0.237. The van der Waals surface area contributed by atoms with Gasteiger partial charge in [0.25, 0.3) is 14.2 Å². The van der Waals surface area contributed by atoms with E-state index in [9.17, 15) is 8.42 Å². The lowest BCUT2D eigenvalue weighted by atomic mass is 10.3. The number of nitrogens with zero attached hydrogens (tertiary/aromatic N) is 3. The minimum Gasteiger partial charge on any atom is -0.269 e. The van der Waals surface area contributed by atoms with Crippen LogP contribution in [0, 0.1) is 0 Å². The normalized spacial score (nSPS) is 11.7. The summed E-state index contributed by atoms with van der Waals surface area (Å²) >= 11 is 0. The van der Waals surface area contributed by atoms with E-state index in [0.29, 0.717) is 17.9 Å². The number of aromatic nitrogens is 3. The average molecular weight is 286 g/mol.